The molecular weight excluding hydrogens is 416 g/mol. The molecule has 30 heavy (non-hydrogen) atoms. The molecule has 0 saturated heterocycles. The van der Waals surface area contributed by atoms with E-state index in [0.29, 0.717) is 6.42 Å². The van der Waals surface area contributed by atoms with Gasteiger partial charge in [-0.2, -0.15) is 13.2 Å². The molecule has 2 aromatic carbocycles. The minimum Gasteiger partial charge on any atom is -0.493 e. The van der Waals surface area contributed by atoms with Crippen molar-refractivity contribution in [3.63, 3.8) is 0 Å². The predicted molar refractivity (Wildman–Crippen MR) is 97.0 cm³/mol. The number of benzene rings is 2. The van der Waals surface area contributed by atoms with Crippen LogP contribution in [0, 0.1) is 0 Å². The monoisotopic (exact) mass is 437 g/mol. The Hall–Kier alpha value is -2.46. The van der Waals surface area contributed by atoms with Gasteiger partial charge in [0.05, 0.1) is 6.61 Å². The highest BCUT2D eigenvalue weighted by Crippen LogP contribution is 2.26. The lowest BCUT2D eigenvalue weighted by atomic mass is 10.2. The van der Waals surface area contributed by atoms with Crippen LogP contribution in [0.15, 0.2) is 54.6 Å². The zero-order valence-electron chi connectivity index (χ0n) is 15.8. The zero-order chi connectivity index (χ0) is 22.2. The maximum absolute atomic E-state index is 12.7. The number of aliphatic hydroxyl groups is 1. The lowest BCUT2D eigenvalue weighted by molar-refractivity contribution is -0.274. The molecule has 1 unspecified atom stereocenters. The first kappa shape index (κ1) is 23.8. The Balaban J connectivity index is 1.89. The third-order valence-corrected chi connectivity index (χ3v) is 3.98. The molecule has 0 aliphatic heterocycles. The number of aliphatic hydroxyl groups excluding tert-OH is 1. The quantitative estimate of drug-likeness (QED) is 0.429. The first-order valence-electron chi connectivity index (χ1n) is 9.02. The summed E-state index contributed by atoms with van der Waals surface area (Å²) in [6.45, 7) is -0.167. The summed E-state index contributed by atoms with van der Waals surface area (Å²) in [5.41, 5.74) is 0.782. The van der Waals surface area contributed by atoms with Gasteiger partial charge in [-0.1, -0.05) is 36.4 Å². The van der Waals surface area contributed by atoms with Crippen LogP contribution in [-0.4, -0.2) is 48.3 Å². The number of rotatable bonds is 10. The molecule has 0 radical (unpaired) electrons. The minimum atomic E-state index is -4.82. The standard InChI is InChI=1S/C20H21F6NO3/c21-19(22,23)18(28)14-27(13-15-6-2-1-3-7-15)10-5-11-29-16-8-4-9-17(12-16)30-20(24,25)26/h1-4,6-9,12,18,28H,5,10-11,13-14H2. The van der Waals surface area contributed by atoms with Gasteiger partial charge in [-0.25, -0.2) is 0 Å². The molecule has 166 valence electrons. The van der Waals surface area contributed by atoms with Gasteiger partial charge >= 0.3 is 12.5 Å². The van der Waals surface area contributed by atoms with Gasteiger partial charge in [-0.3, -0.25) is 4.90 Å². The molecule has 2 aromatic rings. The van der Waals surface area contributed by atoms with Gasteiger partial charge in [-0.15, -0.1) is 13.2 Å². The van der Waals surface area contributed by atoms with Crippen LogP contribution in [0.1, 0.15) is 12.0 Å². The van der Waals surface area contributed by atoms with E-state index in [0.717, 1.165) is 17.7 Å². The fourth-order valence-electron chi connectivity index (χ4n) is 2.66. The van der Waals surface area contributed by atoms with E-state index in [2.05, 4.69) is 4.74 Å². The van der Waals surface area contributed by atoms with Crippen LogP contribution >= 0.6 is 0 Å². The number of alkyl halides is 6. The fourth-order valence-corrected chi connectivity index (χ4v) is 2.66. The van der Waals surface area contributed by atoms with Crippen molar-refractivity contribution in [3.05, 3.63) is 60.2 Å². The van der Waals surface area contributed by atoms with Crippen molar-refractivity contribution in [1.29, 1.82) is 0 Å². The molecule has 0 aliphatic rings. The summed E-state index contributed by atoms with van der Waals surface area (Å²) in [5.74, 6) is -0.291. The second kappa shape index (κ2) is 10.5. The SMILES string of the molecule is OC(CN(CCCOc1cccc(OC(F)(F)F)c1)Cc1ccccc1)C(F)(F)F. The number of halogens is 6. The molecule has 0 fully saturated rings. The summed E-state index contributed by atoms with van der Waals surface area (Å²) >= 11 is 0. The summed E-state index contributed by atoms with van der Waals surface area (Å²) < 4.78 is 84.1. The Morgan fingerprint density at radius 2 is 1.57 bits per heavy atom. The Kier molecular flexibility index (Phi) is 8.36. The van der Waals surface area contributed by atoms with E-state index < -0.39 is 30.9 Å². The van der Waals surface area contributed by atoms with Crippen molar-refractivity contribution in [1.82, 2.24) is 4.90 Å². The summed E-state index contributed by atoms with van der Waals surface area (Å²) in [6, 6.07) is 13.8. The normalized spacial score (nSPS) is 13.3. The van der Waals surface area contributed by atoms with Crippen LogP contribution in [-0.2, 0) is 6.54 Å². The average Bonchev–Trinajstić information content (AvgIpc) is 2.64. The number of hydrogen-bond acceptors (Lipinski definition) is 4. The molecule has 1 N–H and O–H groups in total. The summed E-state index contributed by atoms with van der Waals surface area (Å²) in [7, 11) is 0. The van der Waals surface area contributed by atoms with Crippen LogP contribution in [0.2, 0.25) is 0 Å². The molecule has 0 heterocycles. The predicted octanol–water partition coefficient (Wildman–Crippen LogP) is 4.78. The van der Waals surface area contributed by atoms with Crippen LogP contribution in [0.5, 0.6) is 11.5 Å². The second-order valence-corrected chi connectivity index (χ2v) is 6.50. The number of nitrogens with zero attached hydrogens (tertiary/aromatic N) is 1. The summed E-state index contributed by atoms with van der Waals surface area (Å²) in [5, 5.41) is 9.39. The van der Waals surface area contributed by atoms with Crippen LogP contribution in [0.25, 0.3) is 0 Å². The van der Waals surface area contributed by atoms with Crippen molar-refractivity contribution >= 4 is 0 Å². The molecule has 0 spiro atoms. The van der Waals surface area contributed by atoms with E-state index in [1.165, 1.54) is 17.0 Å². The van der Waals surface area contributed by atoms with Gasteiger partial charge in [-0.05, 0) is 24.1 Å². The Bertz CT molecular complexity index is 767. The van der Waals surface area contributed by atoms with Gasteiger partial charge in [0.25, 0.3) is 0 Å². The second-order valence-electron chi connectivity index (χ2n) is 6.50. The molecule has 2 rings (SSSR count). The minimum absolute atomic E-state index is 0.0584. The van der Waals surface area contributed by atoms with Crippen molar-refractivity contribution < 1.29 is 40.9 Å². The van der Waals surface area contributed by atoms with Gasteiger partial charge in [0.15, 0.2) is 6.10 Å². The molecule has 0 aromatic heterocycles. The van der Waals surface area contributed by atoms with Gasteiger partial charge in [0.2, 0.25) is 0 Å². The maximum Gasteiger partial charge on any atom is 0.573 e. The lowest BCUT2D eigenvalue weighted by Gasteiger charge is -2.26. The van der Waals surface area contributed by atoms with Crippen molar-refractivity contribution in [2.45, 2.75) is 31.6 Å². The van der Waals surface area contributed by atoms with E-state index in [1.807, 2.05) is 0 Å². The Labute approximate surface area is 169 Å². The molecule has 10 heteroatoms. The highest BCUT2D eigenvalue weighted by molar-refractivity contribution is 5.33. The molecule has 1 atom stereocenters. The third kappa shape index (κ3) is 8.91. The highest BCUT2D eigenvalue weighted by Gasteiger charge is 2.39. The first-order valence-corrected chi connectivity index (χ1v) is 9.02. The largest absolute Gasteiger partial charge is 0.573 e. The van der Waals surface area contributed by atoms with Crippen LogP contribution < -0.4 is 9.47 Å². The average molecular weight is 437 g/mol. The van der Waals surface area contributed by atoms with E-state index in [-0.39, 0.29) is 25.4 Å². The summed E-state index contributed by atoms with van der Waals surface area (Å²) in [4.78, 5) is 1.44. The Morgan fingerprint density at radius 3 is 2.20 bits per heavy atom. The summed E-state index contributed by atoms with van der Waals surface area (Å²) in [6.07, 6.45) is -11.7. The van der Waals surface area contributed by atoms with E-state index in [4.69, 9.17) is 4.74 Å². The molecule has 0 aliphatic carbocycles. The molecule has 4 nitrogen and oxygen atoms in total. The van der Waals surface area contributed by atoms with Crippen molar-refractivity contribution in [2.75, 3.05) is 19.7 Å². The van der Waals surface area contributed by atoms with E-state index >= 15 is 0 Å². The van der Waals surface area contributed by atoms with Crippen LogP contribution in [0.3, 0.4) is 0 Å². The van der Waals surface area contributed by atoms with Crippen molar-refractivity contribution in [3.8, 4) is 11.5 Å². The maximum atomic E-state index is 12.7. The lowest BCUT2D eigenvalue weighted by Crippen LogP contribution is -2.41. The van der Waals surface area contributed by atoms with Gasteiger partial charge < -0.3 is 14.6 Å². The molecule has 0 amide bonds. The molecule has 0 bridgehead atoms. The number of hydrogen-bond donors (Lipinski definition) is 1. The molecule has 0 saturated carbocycles. The molecular formula is C20H21F6NO3. The van der Waals surface area contributed by atoms with E-state index in [1.54, 1.807) is 30.3 Å². The van der Waals surface area contributed by atoms with Gasteiger partial charge in [0.1, 0.15) is 11.5 Å². The zero-order valence-corrected chi connectivity index (χ0v) is 15.8. The van der Waals surface area contributed by atoms with Gasteiger partial charge in [0, 0.05) is 25.7 Å². The van der Waals surface area contributed by atoms with E-state index in [9.17, 15) is 31.4 Å². The third-order valence-electron chi connectivity index (χ3n) is 3.98. The fraction of sp³-hybridized carbons (Fsp3) is 0.400. The topological polar surface area (TPSA) is 41.9 Å². The highest BCUT2D eigenvalue weighted by atomic mass is 19.4. The Morgan fingerprint density at radius 1 is 0.900 bits per heavy atom. The van der Waals surface area contributed by atoms with Crippen LogP contribution in [0.4, 0.5) is 26.3 Å². The number of ether oxygens (including phenoxy) is 2. The first-order chi connectivity index (χ1) is 14.0. The smallest absolute Gasteiger partial charge is 0.493 e. The van der Waals surface area contributed by atoms with Crippen molar-refractivity contribution in [2.24, 2.45) is 0 Å².